The van der Waals surface area contributed by atoms with E-state index in [1.807, 2.05) is 0 Å². The van der Waals surface area contributed by atoms with Gasteiger partial charge < -0.3 is 0 Å². The fraction of sp³-hybridized carbons (Fsp3) is 0.733. The molecule has 0 radical (unpaired) electrons. The van der Waals surface area contributed by atoms with Crippen LogP contribution in [0, 0.1) is 29.6 Å². The van der Waals surface area contributed by atoms with Crippen molar-refractivity contribution >= 4 is 0 Å². The monoisotopic (exact) mass is 206 g/mol. The molecule has 0 heteroatoms. The third-order valence-electron chi connectivity index (χ3n) is 3.99. The van der Waals surface area contributed by atoms with Crippen LogP contribution in [0.2, 0.25) is 0 Å². The van der Waals surface area contributed by atoms with Crippen molar-refractivity contribution in [3.05, 3.63) is 24.8 Å². The quantitative estimate of drug-likeness (QED) is 0.573. The molecule has 0 bridgehead atoms. The van der Waals surface area contributed by atoms with Crippen molar-refractivity contribution in [2.45, 2.75) is 40.5 Å². The summed E-state index contributed by atoms with van der Waals surface area (Å²) in [6, 6.07) is 0. The van der Waals surface area contributed by atoms with E-state index in [0.29, 0.717) is 11.8 Å². The van der Waals surface area contributed by atoms with E-state index in [9.17, 15) is 0 Å². The first-order valence-corrected chi connectivity index (χ1v) is 6.37. The van der Waals surface area contributed by atoms with E-state index in [2.05, 4.69) is 52.5 Å². The van der Waals surface area contributed by atoms with Gasteiger partial charge in [0.2, 0.25) is 0 Å². The summed E-state index contributed by atoms with van der Waals surface area (Å²) in [5.41, 5.74) is 0. The van der Waals surface area contributed by atoms with Crippen LogP contribution in [0.4, 0.5) is 0 Å². The average molecular weight is 206 g/mol. The van der Waals surface area contributed by atoms with E-state index in [0.717, 1.165) is 17.8 Å². The molecule has 0 saturated heterocycles. The van der Waals surface area contributed by atoms with Gasteiger partial charge in [0.25, 0.3) is 0 Å². The third kappa shape index (κ3) is 3.22. The molecule has 0 N–H and O–H groups in total. The Morgan fingerprint density at radius 3 is 2.13 bits per heavy atom. The van der Waals surface area contributed by atoms with Crippen molar-refractivity contribution in [2.75, 3.05) is 0 Å². The summed E-state index contributed by atoms with van der Waals surface area (Å²) >= 11 is 0. The number of rotatable bonds is 5. The molecule has 0 nitrogen and oxygen atoms in total. The molecule has 0 amide bonds. The van der Waals surface area contributed by atoms with Gasteiger partial charge in [0.05, 0.1) is 0 Å². The standard InChI is InChI=1S/C15H26/c1-6-14-9-10-15(14)13(5)12(4)8-7-11(2)3/h6-8,11-15H,1,9-10H2,2-5H3. The topological polar surface area (TPSA) is 0 Å². The summed E-state index contributed by atoms with van der Waals surface area (Å²) in [5, 5.41) is 0. The minimum atomic E-state index is 0.677. The van der Waals surface area contributed by atoms with Crippen LogP contribution in [0.1, 0.15) is 40.5 Å². The number of hydrogen-bond acceptors (Lipinski definition) is 0. The van der Waals surface area contributed by atoms with Gasteiger partial charge in [-0.2, -0.15) is 0 Å². The highest BCUT2D eigenvalue weighted by atomic mass is 14.4. The zero-order valence-corrected chi connectivity index (χ0v) is 10.7. The van der Waals surface area contributed by atoms with Gasteiger partial charge in [-0.3, -0.25) is 0 Å². The number of allylic oxidation sites excluding steroid dienone is 3. The molecule has 0 heterocycles. The van der Waals surface area contributed by atoms with Gasteiger partial charge in [-0.15, -0.1) is 6.58 Å². The van der Waals surface area contributed by atoms with E-state index < -0.39 is 0 Å². The van der Waals surface area contributed by atoms with Gasteiger partial charge in [0.1, 0.15) is 0 Å². The molecule has 1 aliphatic rings. The first-order chi connectivity index (χ1) is 7.06. The molecule has 1 fully saturated rings. The van der Waals surface area contributed by atoms with Crippen LogP contribution in [-0.2, 0) is 0 Å². The Morgan fingerprint density at radius 1 is 1.07 bits per heavy atom. The molecule has 0 aromatic heterocycles. The van der Waals surface area contributed by atoms with Crippen molar-refractivity contribution in [1.29, 1.82) is 0 Å². The Morgan fingerprint density at radius 2 is 1.73 bits per heavy atom. The molecule has 86 valence electrons. The summed E-state index contributed by atoms with van der Waals surface area (Å²) in [6.07, 6.45) is 9.65. The molecule has 0 aromatic rings. The Balaban J connectivity index is 2.45. The fourth-order valence-corrected chi connectivity index (χ4v) is 2.46. The highest BCUT2D eigenvalue weighted by Crippen LogP contribution is 2.43. The largest absolute Gasteiger partial charge is 0.103 e. The highest BCUT2D eigenvalue weighted by molar-refractivity contribution is 4.99. The van der Waals surface area contributed by atoms with Crippen LogP contribution in [0.5, 0.6) is 0 Å². The fourth-order valence-electron chi connectivity index (χ4n) is 2.46. The number of hydrogen-bond donors (Lipinski definition) is 0. The van der Waals surface area contributed by atoms with Crippen LogP contribution >= 0.6 is 0 Å². The molecule has 4 atom stereocenters. The molecule has 0 aliphatic heterocycles. The lowest BCUT2D eigenvalue weighted by molar-refractivity contribution is 0.128. The predicted octanol–water partition coefficient (Wildman–Crippen LogP) is 4.68. The van der Waals surface area contributed by atoms with E-state index in [-0.39, 0.29) is 0 Å². The zero-order valence-electron chi connectivity index (χ0n) is 10.7. The maximum Gasteiger partial charge on any atom is -0.0205 e. The molecular weight excluding hydrogens is 180 g/mol. The second kappa shape index (κ2) is 5.53. The van der Waals surface area contributed by atoms with E-state index in [1.54, 1.807) is 0 Å². The van der Waals surface area contributed by atoms with Gasteiger partial charge in [0, 0.05) is 0 Å². The zero-order chi connectivity index (χ0) is 11.4. The van der Waals surface area contributed by atoms with Crippen molar-refractivity contribution in [3.63, 3.8) is 0 Å². The van der Waals surface area contributed by atoms with Crippen molar-refractivity contribution in [3.8, 4) is 0 Å². The van der Waals surface area contributed by atoms with Crippen LogP contribution < -0.4 is 0 Å². The third-order valence-corrected chi connectivity index (χ3v) is 3.99. The van der Waals surface area contributed by atoms with Gasteiger partial charge >= 0.3 is 0 Å². The smallest absolute Gasteiger partial charge is 0.0205 e. The normalized spacial score (nSPS) is 30.2. The first kappa shape index (κ1) is 12.5. The maximum atomic E-state index is 3.93. The van der Waals surface area contributed by atoms with E-state index >= 15 is 0 Å². The molecular formula is C15H26. The average Bonchev–Trinajstić information content (AvgIpc) is 2.13. The lowest BCUT2D eigenvalue weighted by atomic mass is 9.64. The van der Waals surface area contributed by atoms with Crippen molar-refractivity contribution < 1.29 is 0 Å². The Bertz CT molecular complexity index is 224. The van der Waals surface area contributed by atoms with Gasteiger partial charge in [-0.1, -0.05) is 45.9 Å². The van der Waals surface area contributed by atoms with Gasteiger partial charge in [0.15, 0.2) is 0 Å². The Labute approximate surface area is 95.5 Å². The molecule has 0 spiro atoms. The maximum absolute atomic E-state index is 3.93. The lowest BCUT2D eigenvalue weighted by Gasteiger charge is -2.41. The summed E-state index contributed by atoms with van der Waals surface area (Å²) in [7, 11) is 0. The molecule has 15 heavy (non-hydrogen) atoms. The summed E-state index contributed by atoms with van der Waals surface area (Å²) < 4.78 is 0. The summed E-state index contributed by atoms with van der Waals surface area (Å²) in [5.74, 6) is 3.86. The van der Waals surface area contributed by atoms with E-state index in [1.165, 1.54) is 12.8 Å². The Hall–Kier alpha value is -0.520. The first-order valence-electron chi connectivity index (χ1n) is 6.37. The van der Waals surface area contributed by atoms with Crippen LogP contribution in [0.15, 0.2) is 24.8 Å². The van der Waals surface area contributed by atoms with Gasteiger partial charge in [-0.25, -0.2) is 0 Å². The van der Waals surface area contributed by atoms with E-state index in [4.69, 9.17) is 0 Å². The Kier molecular flexibility index (Phi) is 4.63. The SMILES string of the molecule is C=CC1CCC1C(C)C(C)C=CC(C)C. The van der Waals surface area contributed by atoms with Crippen molar-refractivity contribution in [2.24, 2.45) is 29.6 Å². The second-order valence-electron chi connectivity index (χ2n) is 5.49. The molecule has 1 aliphatic carbocycles. The van der Waals surface area contributed by atoms with Crippen LogP contribution in [0.3, 0.4) is 0 Å². The van der Waals surface area contributed by atoms with Crippen LogP contribution in [0.25, 0.3) is 0 Å². The molecule has 1 saturated carbocycles. The second-order valence-corrected chi connectivity index (χ2v) is 5.49. The lowest BCUT2D eigenvalue weighted by Crippen LogP contribution is -2.32. The minimum absolute atomic E-state index is 0.677. The molecule has 0 aromatic carbocycles. The molecule has 4 unspecified atom stereocenters. The summed E-state index contributed by atoms with van der Waals surface area (Å²) in [6.45, 7) is 13.2. The predicted molar refractivity (Wildman–Crippen MR) is 68.7 cm³/mol. The highest BCUT2D eigenvalue weighted by Gasteiger charge is 2.34. The van der Waals surface area contributed by atoms with Crippen molar-refractivity contribution in [1.82, 2.24) is 0 Å². The van der Waals surface area contributed by atoms with Crippen LogP contribution in [-0.4, -0.2) is 0 Å². The van der Waals surface area contributed by atoms with Gasteiger partial charge in [-0.05, 0) is 42.4 Å². The minimum Gasteiger partial charge on any atom is -0.103 e. The molecule has 1 rings (SSSR count). The summed E-state index contributed by atoms with van der Waals surface area (Å²) in [4.78, 5) is 0.